The minimum Gasteiger partial charge on any atom is -0.444 e. The van der Waals surface area contributed by atoms with Crippen LogP contribution in [0.1, 0.15) is 33.6 Å². The van der Waals surface area contributed by atoms with E-state index in [1.807, 2.05) is 20.8 Å². The molecule has 116 valence electrons. The van der Waals surface area contributed by atoms with Crippen LogP contribution in [0, 0.1) is 5.82 Å². The number of carbonyl (C=O) groups is 1. The zero-order valence-corrected chi connectivity index (χ0v) is 13.1. The molecule has 0 unspecified atom stereocenters. The smallest absolute Gasteiger partial charge is 0.407 e. The first-order chi connectivity index (χ1) is 9.73. The predicted molar refractivity (Wildman–Crippen MR) is 81.2 cm³/mol. The van der Waals surface area contributed by atoms with E-state index in [0.29, 0.717) is 5.69 Å². The van der Waals surface area contributed by atoms with E-state index in [4.69, 9.17) is 16.3 Å². The van der Waals surface area contributed by atoms with Crippen molar-refractivity contribution >= 4 is 23.4 Å². The third-order valence-electron chi connectivity index (χ3n) is 3.15. The molecule has 0 atom stereocenters. The number of carbonyl (C=O) groups excluding carboxylic acids is 1. The molecule has 0 spiro atoms. The van der Waals surface area contributed by atoms with E-state index in [2.05, 4.69) is 10.6 Å². The van der Waals surface area contributed by atoms with Crippen LogP contribution in [0.4, 0.5) is 14.9 Å². The van der Waals surface area contributed by atoms with Crippen LogP contribution in [-0.4, -0.2) is 23.8 Å². The number of amides is 1. The first kappa shape index (κ1) is 15.9. The number of ether oxygens (including phenoxy) is 1. The molecular weight excluding hydrogens is 295 g/mol. The summed E-state index contributed by atoms with van der Waals surface area (Å²) in [6, 6.07) is 4.94. The fraction of sp³-hybridized carbons (Fsp3) is 0.533. The molecular formula is C15H20ClFN2O2. The van der Waals surface area contributed by atoms with Crippen LogP contribution in [0.3, 0.4) is 0 Å². The normalized spacial score (nSPS) is 21.4. The lowest BCUT2D eigenvalue weighted by Crippen LogP contribution is -2.50. The predicted octanol–water partition coefficient (Wildman–Crippen LogP) is 3.95. The summed E-state index contributed by atoms with van der Waals surface area (Å²) in [4.78, 5) is 11.6. The molecule has 1 amide bonds. The van der Waals surface area contributed by atoms with Crippen LogP contribution in [0.25, 0.3) is 0 Å². The topological polar surface area (TPSA) is 50.4 Å². The van der Waals surface area contributed by atoms with Gasteiger partial charge in [-0.1, -0.05) is 11.6 Å². The van der Waals surface area contributed by atoms with Crippen molar-refractivity contribution in [3.63, 3.8) is 0 Å². The Bertz CT molecular complexity index is 525. The van der Waals surface area contributed by atoms with Gasteiger partial charge in [0.15, 0.2) is 0 Å². The molecule has 2 N–H and O–H groups in total. The van der Waals surface area contributed by atoms with E-state index in [9.17, 15) is 9.18 Å². The van der Waals surface area contributed by atoms with Gasteiger partial charge in [0.05, 0.1) is 5.02 Å². The first-order valence-corrected chi connectivity index (χ1v) is 7.32. The van der Waals surface area contributed by atoms with Crippen molar-refractivity contribution in [1.82, 2.24) is 5.32 Å². The fourth-order valence-electron chi connectivity index (χ4n) is 2.15. The summed E-state index contributed by atoms with van der Waals surface area (Å²) in [6.45, 7) is 5.48. The van der Waals surface area contributed by atoms with Crippen molar-refractivity contribution in [1.29, 1.82) is 0 Å². The van der Waals surface area contributed by atoms with Crippen LogP contribution < -0.4 is 10.6 Å². The van der Waals surface area contributed by atoms with E-state index >= 15 is 0 Å². The molecule has 1 aromatic rings. The van der Waals surface area contributed by atoms with Crippen molar-refractivity contribution in [2.45, 2.75) is 51.3 Å². The Morgan fingerprint density at radius 2 is 2.00 bits per heavy atom. The lowest BCUT2D eigenvalue weighted by molar-refractivity contribution is 0.0475. The van der Waals surface area contributed by atoms with E-state index in [1.165, 1.54) is 12.1 Å². The van der Waals surface area contributed by atoms with Crippen LogP contribution in [0.2, 0.25) is 5.02 Å². The van der Waals surface area contributed by atoms with E-state index in [1.54, 1.807) is 6.07 Å². The van der Waals surface area contributed by atoms with Gasteiger partial charge in [-0.05, 0) is 51.8 Å². The molecule has 0 aromatic heterocycles. The van der Waals surface area contributed by atoms with Crippen molar-refractivity contribution in [2.75, 3.05) is 5.32 Å². The number of hydrogen-bond acceptors (Lipinski definition) is 3. The Morgan fingerprint density at radius 3 is 2.57 bits per heavy atom. The average Bonchev–Trinajstić information content (AvgIpc) is 2.28. The molecule has 1 aliphatic rings. The Kier molecular flexibility index (Phi) is 4.61. The number of hydrogen-bond donors (Lipinski definition) is 2. The van der Waals surface area contributed by atoms with Gasteiger partial charge in [0.1, 0.15) is 11.4 Å². The van der Waals surface area contributed by atoms with Gasteiger partial charge in [-0.3, -0.25) is 0 Å². The molecule has 0 bridgehead atoms. The lowest BCUT2D eigenvalue weighted by atomic mass is 9.86. The number of rotatable bonds is 3. The Labute approximate surface area is 129 Å². The van der Waals surface area contributed by atoms with Crippen LogP contribution in [0.15, 0.2) is 18.2 Å². The average molecular weight is 315 g/mol. The maximum Gasteiger partial charge on any atom is 0.407 e. The van der Waals surface area contributed by atoms with Gasteiger partial charge in [-0.15, -0.1) is 0 Å². The second kappa shape index (κ2) is 6.10. The number of halogens is 2. The molecule has 1 aromatic carbocycles. The fourth-order valence-corrected chi connectivity index (χ4v) is 2.27. The molecule has 0 radical (unpaired) electrons. The maximum absolute atomic E-state index is 13.3. The summed E-state index contributed by atoms with van der Waals surface area (Å²) >= 11 is 5.63. The van der Waals surface area contributed by atoms with Crippen LogP contribution in [-0.2, 0) is 4.74 Å². The van der Waals surface area contributed by atoms with E-state index in [-0.39, 0.29) is 17.1 Å². The SMILES string of the molecule is CC(C)(C)OC(=O)NC1CC(Nc2ccc(Cl)c(F)c2)C1. The molecule has 2 rings (SSSR count). The second-order valence-electron chi connectivity index (χ2n) is 6.28. The van der Waals surface area contributed by atoms with Gasteiger partial charge in [0.2, 0.25) is 0 Å². The molecule has 6 heteroatoms. The molecule has 1 aliphatic carbocycles. The standard InChI is InChI=1S/C15H20ClFN2O2/c1-15(2,3)21-14(20)19-11-6-10(7-11)18-9-4-5-12(16)13(17)8-9/h4-5,8,10-11,18H,6-7H2,1-3H3,(H,19,20). The van der Waals surface area contributed by atoms with Crippen molar-refractivity contribution in [3.05, 3.63) is 29.0 Å². The quantitative estimate of drug-likeness (QED) is 0.888. The Morgan fingerprint density at radius 1 is 1.33 bits per heavy atom. The molecule has 0 heterocycles. The van der Waals surface area contributed by atoms with E-state index < -0.39 is 17.5 Å². The number of nitrogens with one attached hydrogen (secondary N) is 2. The third-order valence-corrected chi connectivity index (χ3v) is 3.46. The number of anilines is 1. The molecule has 1 saturated carbocycles. The summed E-state index contributed by atoms with van der Waals surface area (Å²) < 4.78 is 18.5. The Balaban J connectivity index is 1.74. The highest BCUT2D eigenvalue weighted by molar-refractivity contribution is 6.30. The highest BCUT2D eigenvalue weighted by Crippen LogP contribution is 2.26. The third kappa shape index (κ3) is 4.77. The summed E-state index contributed by atoms with van der Waals surface area (Å²) in [7, 11) is 0. The van der Waals surface area contributed by atoms with Gasteiger partial charge in [-0.25, -0.2) is 9.18 Å². The van der Waals surface area contributed by atoms with E-state index in [0.717, 1.165) is 12.8 Å². The van der Waals surface area contributed by atoms with Gasteiger partial charge in [0.25, 0.3) is 0 Å². The summed E-state index contributed by atoms with van der Waals surface area (Å²) in [5.41, 5.74) is 0.199. The van der Waals surface area contributed by atoms with Crippen molar-refractivity contribution in [3.8, 4) is 0 Å². The van der Waals surface area contributed by atoms with Gasteiger partial charge in [0, 0.05) is 17.8 Å². The molecule has 21 heavy (non-hydrogen) atoms. The largest absolute Gasteiger partial charge is 0.444 e. The van der Waals surface area contributed by atoms with Crippen LogP contribution in [0.5, 0.6) is 0 Å². The summed E-state index contributed by atoms with van der Waals surface area (Å²) in [6.07, 6.45) is 1.16. The maximum atomic E-state index is 13.3. The molecule has 1 fully saturated rings. The zero-order chi connectivity index (χ0) is 15.6. The monoisotopic (exact) mass is 314 g/mol. The van der Waals surface area contributed by atoms with Gasteiger partial charge in [-0.2, -0.15) is 0 Å². The van der Waals surface area contributed by atoms with Crippen molar-refractivity contribution < 1.29 is 13.9 Å². The minimum absolute atomic E-state index is 0.0921. The highest BCUT2D eigenvalue weighted by Gasteiger charge is 2.31. The van der Waals surface area contributed by atoms with Crippen LogP contribution >= 0.6 is 11.6 Å². The second-order valence-corrected chi connectivity index (χ2v) is 6.69. The van der Waals surface area contributed by atoms with Gasteiger partial charge < -0.3 is 15.4 Å². The summed E-state index contributed by atoms with van der Waals surface area (Å²) in [5.74, 6) is -0.440. The molecule has 0 saturated heterocycles. The molecule has 0 aliphatic heterocycles. The highest BCUT2D eigenvalue weighted by atomic mass is 35.5. The van der Waals surface area contributed by atoms with Gasteiger partial charge >= 0.3 is 6.09 Å². The minimum atomic E-state index is -0.494. The zero-order valence-electron chi connectivity index (χ0n) is 12.4. The first-order valence-electron chi connectivity index (χ1n) is 6.94. The Hall–Kier alpha value is -1.49. The molecule has 4 nitrogen and oxygen atoms in total. The number of alkyl carbamates (subject to hydrolysis) is 1. The summed E-state index contributed by atoms with van der Waals surface area (Å²) in [5, 5.41) is 6.13. The lowest BCUT2D eigenvalue weighted by Gasteiger charge is -2.37. The van der Waals surface area contributed by atoms with Crippen molar-refractivity contribution in [2.24, 2.45) is 0 Å². The number of benzene rings is 1.